The van der Waals surface area contributed by atoms with Gasteiger partial charge in [0, 0.05) is 9.81 Å². The van der Waals surface area contributed by atoms with Gasteiger partial charge in [0.05, 0.1) is 12.7 Å². The number of benzene rings is 2. The fourth-order valence-corrected chi connectivity index (χ4v) is 3.75. The first-order valence-electron chi connectivity index (χ1n) is 8.88. The quantitative estimate of drug-likeness (QED) is 0.411. The second-order valence-electron chi connectivity index (χ2n) is 6.49. The minimum Gasteiger partial charge on any atom is -0.394 e. The zero-order valence-corrected chi connectivity index (χ0v) is 16.6. The van der Waals surface area contributed by atoms with Crippen molar-refractivity contribution in [2.45, 2.75) is 48.5 Å². The van der Waals surface area contributed by atoms with Crippen LogP contribution in [0.4, 0.5) is 0 Å². The van der Waals surface area contributed by atoms with Crippen LogP contribution < -0.4 is 0 Å². The van der Waals surface area contributed by atoms with Gasteiger partial charge in [0.2, 0.25) is 0 Å². The molecule has 1 aliphatic heterocycles. The molecule has 0 amide bonds. The van der Waals surface area contributed by atoms with Crippen molar-refractivity contribution in [1.29, 1.82) is 0 Å². The molecular formula is C20H25N3O4S. The highest BCUT2D eigenvalue weighted by Gasteiger charge is 2.44. The van der Waals surface area contributed by atoms with E-state index < -0.39 is 36.4 Å². The third-order valence-electron chi connectivity index (χ3n) is 4.25. The van der Waals surface area contributed by atoms with E-state index in [1.165, 1.54) is 22.9 Å². The fourth-order valence-electron chi connectivity index (χ4n) is 2.62. The number of hydrogen-bond donors (Lipinski definition) is 3. The molecule has 0 aromatic heterocycles. The lowest BCUT2D eigenvalue weighted by Gasteiger charge is -2.40. The maximum absolute atomic E-state index is 10.00. The molecule has 3 N–H and O–H groups in total. The van der Waals surface area contributed by atoms with E-state index in [1.54, 1.807) is 0 Å². The number of aryl methyl sites for hydroxylation is 2. The van der Waals surface area contributed by atoms with E-state index in [0.29, 0.717) is 0 Å². The van der Waals surface area contributed by atoms with Gasteiger partial charge in [0.25, 0.3) is 0 Å². The molecule has 5 atom stereocenters. The van der Waals surface area contributed by atoms with Crippen molar-refractivity contribution >= 4 is 11.8 Å². The monoisotopic (exact) mass is 403 g/mol. The molecule has 8 heteroatoms. The number of nitrogens with zero attached hydrogens (tertiary/aromatic N) is 3. The Hall–Kier alpha value is -2.06. The molecule has 0 aliphatic carbocycles. The highest BCUT2D eigenvalue weighted by Crippen LogP contribution is 2.34. The van der Waals surface area contributed by atoms with E-state index in [4.69, 9.17) is 10.3 Å². The molecule has 0 radical (unpaired) electrons. The molecule has 0 bridgehead atoms. The van der Waals surface area contributed by atoms with Gasteiger partial charge in [-0.1, -0.05) is 70.5 Å². The van der Waals surface area contributed by atoms with Crippen LogP contribution in [-0.4, -0.2) is 51.7 Å². The average molecular weight is 404 g/mol. The van der Waals surface area contributed by atoms with Crippen LogP contribution in [0.1, 0.15) is 11.1 Å². The first kappa shape index (κ1) is 22.2. The maximum Gasteiger partial charge on any atom is 0.119 e. The van der Waals surface area contributed by atoms with Gasteiger partial charge in [-0.3, -0.25) is 0 Å². The summed E-state index contributed by atoms with van der Waals surface area (Å²) in [6.45, 7) is 3.77. The standard InChI is InChI=1S/C12H15N3O4S.C8H10/c13-15-14-9-11(18)10(17)8(6-16)19-12(9)20-7-4-2-1-3-5-7;1-7-3-5-8(2)6-4-7/h1-5,8-12,16-18H,6H2;3-6H,1-2H3/t8?,9-,10+,11?,12-;/m0./s1. The van der Waals surface area contributed by atoms with E-state index >= 15 is 0 Å². The van der Waals surface area contributed by atoms with Gasteiger partial charge in [-0.05, 0) is 31.5 Å². The summed E-state index contributed by atoms with van der Waals surface area (Å²) in [7, 11) is 0. The summed E-state index contributed by atoms with van der Waals surface area (Å²) in [4.78, 5) is 3.56. The van der Waals surface area contributed by atoms with Crippen molar-refractivity contribution in [2.24, 2.45) is 5.11 Å². The van der Waals surface area contributed by atoms with Crippen molar-refractivity contribution in [3.63, 3.8) is 0 Å². The Morgan fingerprint density at radius 2 is 1.57 bits per heavy atom. The van der Waals surface area contributed by atoms with Crippen molar-refractivity contribution in [3.05, 3.63) is 76.2 Å². The van der Waals surface area contributed by atoms with Crippen molar-refractivity contribution < 1.29 is 20.1 Å². The minimum atomic E-state index is -1.29. The molecule has 7 nitrogen and oxygen atoms in total. The Kier molecular flexibility index (Phi) is 8.79. The predicted molar refractivity (Wildman–Crippen MR) is 109 cm³/mol. The van der Waals surface area contributed by atoms with Crippen LogP contribution in [0.3, 0.4) is 0 Å². The number of aliphatic hydroxyl groups excluding tert-OH is 3. The summed E-state index contributed by atoms with van der Waals surface area (Å²) >= 11 is 1.27. The SMILES string of the molecule is Cc1ccc(C)cc1.[N-]=[N+]=N[C@H]1C(O)[C@H](O)C(CO)O[C@H]1Sc1ccccc1. The van der Waals surface area contributed by atoms with E-state index in [2.05, 4.69) is 48.1 Å². The van der Waals surface area contributed by atoms with Crippen LogP contribution in [0.25, 0.3) is 10.4 Å². The summed E-state index contributed by atoms with van der Waals surface area (Å²) in [5, 5.41) is 32.5. The van der Waals surface area contributed by atoms with E-state index in [0.717, 1.165) is 4.90 Å². The molecule has 28 heavy (non-hydrogen) atoms. The van der Waals surface area contributed by atoms with Crippen LogP contribution in [0.15, 0.2) is 64.6 Å². The molecule has 2 aromatic carbocycles. The first-order chi connectivity index (χ1) is 13.5. The zero-order valence-electron chi connectivity index (χ0n) is 15.8. The predicted octanol–water partition coefficient (Wildman–Crippen LogP) is 3.20. The molecule has 1 heterocycles. The third-order valence-corrected chi connectivity index (χ3v) is 5.41. The molecule has 2 unspecified atom stereocenters. The Labute approximate surface area is 168 Å². The molecular weight excluding hydrogens is 378 g/mol. The Balaban J connectivity index is 0.000000292. The van der Waals surface area contributed by atoms with Crippen molar-refractivity contribution in [2.75, 3.05) is 6.61 Å². The highest BCUT2D eigenvalue weighted by molar-refractivity contribution is 7.99. The lowest BCUT2D eigenvalue weighted by atomic mass is 9.99. The molecule has 1 aliphatic rings. The normalized spacial score (nSPS) is 26.5. The van der Waals surface area contributed by atoms with Gasteiger partial charge in [-0.15, -0.1) is 0 Å². The molecule has 0 saturated carbocycles. The van der Waals surface area contributed by atoms with Crippen LogP contribution in [-0.2, 0) is 4.74 Å². The van der Waals surface area contributed by atoms with Crippen LogP contribution in [0.2, 0.25) is 0 Å². The van der Waals surface area contributed by atoms with Gasteiger partial charge in [-0.2, -0.15) is 0 Å². The Bertz CT molecular complexity index is 748. The topological polar surface area (TPSA) is 119 Å². The van der Waals surface area contributed by atoms with E-state index in [1.807, 2.05) is 30.3 Å². The van der Waals surface area contributed by atoms with Crippen LogP contribution >= 0.6 is 11.8 Å². The summed E-state index contributed by atoms with van der Waals surface area (Å²) < 4.78 is 5.53. The summed E-state index contributed by atoms with van der Waals surface area (Å²) in [6, 6.07) is 16.8. The minimum absolute atomic E-state index is 0.424. The van der Waals surface area contributed by atoms with Crippen LogP contribution in [0.5, 0.6) is 0 Å². The van der Waals surface area contributed by atoms with E-state index in [9.17, 15) is 15.3 Å². The van der Waals surface area contributed by atoms with Gasteiger partial charge >= 0.3 is 0 Å². The molecule has 150 valence electrons. The lowest BCUT2D eigenvalue weighted by Crippen LogP contribution is -2.56. The zero-order chi connectivity index (χ0) is 20.5. The number of thioether (sulfide) groups is 1. The molecule has 3 rings (SSSR count). The van der Waals surface area contributed by atoms with Gasteiger partial charge < -0.3 is 20.1 Å². The van der Waals surface area contributed by atoms with Crippen molar-refractivity contribution in [1.82, 2.24) is 0 Å². The third kappa shape index (κ3) is 6.24. The molecule has 1 fully saturated rings. The van der Waals surface area contributed by atoms with Crippen molar-refractivity contribution in [3.8, 4) is 0 Å². The number of aliphatic hydroxyl groups is 3. The summed E-state index contributed by atoms with van der Waals surface area (Å²) in [6.07, 6.45) is -3.47. The van der Waals surface area contributed by atoms with Gasteiger partial charge in [-0.25, -0.2) is 0 Å². The van der Waals surface area contributed by atoms with Gasteiger partial charge in [0.1, 0.15) is 23.7 Å². The molecule has 0 spiro atoms. The summed E-state index contributed by atoms with van der Waals surface area (Å²) in [5.41, 5.74) is 10.6. The Morgan fingerprint density at radius 3 is 2.07 bits per heavy atom. The first-order valence-corrected chi connectivity index (χ1v) is 9.76. The average Bonchev–Trinajstić information content (AvgIpc) is 2.71. The van der Waals surface area contributed by atoms with Gasteiger partial charge in [0.15, 0.2) is 0 Å². The number of ether oxygens (including phenoxy) is 1. The number of rotatable bonds is 4. The largest absolute Gasteiger partial charge is 0.394 e. The fraction of sp³-hybridized carbons (Fsp3) is 0.400. The maximum atomic E-state index is 10.00. The second kappa shape index (κ2) is 11.1. The van der Waals surface area contributed by atoms with Crippen LogP contribution in [0, 0.1) is 13.8 Å². The highest BCUT2D eigenvalue weighted by atomic mass is 32.2. The number of azide groups is 1. The lowest BCUT2D eigenvalue weighted by molar-refractivity contribution is -0.165. The molecule has 2 aromatic rings. The number of hydrogen-bond acceptors (Lipinski definition) is 6. The smallest absolute Gasteiger partial charge is 0.119 e. The second-order valence-corrected chi connectivity index (χ2v) is 7.66. The summed E-state index contributed by atoms with van der Waals surface area (Å²) in [5.74, 6) is 0. The molecule has 1 saturated heterocycles. The Morgan fingerprint density at radius 1 is 1.00 bits per heavy atom. The van der Waals surface area contributed by atoms with E-state index in [-0.39, 0.29) is 0 Å².